The Bertz CT molecular complexity index is 645. The van der Waals surface area contributed by atoms with Crippen LogP contribution in [0.2, 0.25) is 0 Å². The van der Waals surface area contributed by atoms with Crippen LogP contribution in [-0.2, 0) is 0 Å². The van der Waals surface area contributed by atoms with Crippen molar-refractivity contribution in [3.63, 3.8) is 0 Å². The molecule has 3 rings (SSSR count). The number of halogens is 2. The molecule has 1 saturated carbocycles. The Morgan fingerprint density at radius 3 is 2.74 bits per heavy atom. The third kappa shape index (κ3) is 2.03. The summed E-state index contributed by atoms with van der Waals surface area (Å²) in [7, 11) is 1.42. The smallest absolute Gasteiger partial charge is 0.288 e. The Morgan fingerprint density at radius 1 is 1.37 bits per heavy atom. The molecule has 1 aliphatic rings. The molecule has 1 aliphatic carbocycles. The predicted molar refractivity (Wildman–Crippen MR) is 63.9 cm³/mol. The van der Waals surface area contributed by atoms with E-state index < -0.39 is 12.0 Å². The van der Waals surface area contributed by atoms with E-state index in [2.05, 4.69) is 4.98 Å². The minimum Gasteiger partial charge on any atom is -0.507 e. The molecule has 1 aromatic carbocycles. The highest BCUT2D eigenvalue weighted by atomic mass is 19.3. The molecule has 100 valence electrons. The van der Waals surface area contributed by atoms with Crippen molar-refractivity contribution in [2.45, 2.75) is 18.4 Å². The minimum absolute atomic E-state index is 0.0139. The number of aromatic hydroxyl groups is 1. The van der Waals surface area contributed by atoms with Crippen LogP contribution in [0.1, 0.15) is 6.42 Å². The van der Waals surface area contributed by atoms with Gasteiger partial charge in [-0.05, 0) is 12.1 Å². The summed E-state index contributed by atoms with van der Waals surface area (Å²) in [6, 6.07) is 4.43. The maximum absolute atomic E-state index is 12.9. The van der Waals surface area contributed by atoms with Gasteiger partial charge in [0.15, 0.2) is 17.6 Å². The van der Waals surface area contributed by atoms with Crippen LogP contribution in [0.4, 0.5) is 8.78 Å². The average Bonchev–Trinajstić information content (AvgIpc) is 2.97. The number of rotatable bonds is 3. The highest BCUT2D eigenvalue weighted by molar-refractivity contribution is 5.87. The number of alkyl halides is 2. The number of fused-ring (bicyclic) bond motifs is 1. The van der Waals surface area contributed by atoms with Gasteiger partial charge in [-0.3, -0.25) is 4.98 Å². The first-order valence-electron chi connectivity index (χ1n) is 5.71. The van der Waals surface area contributed by atoms with Gasteiger partial charge in [-0.1, -0.05) is 0 Å². The Hall–Kier alpha value is -2.11. The molecule has 0 amide bonds. The summed E-state index contributed by atoms with van der Waals surface area (Å²) in [6.45, 7) is 0. The third-order valence-electron chi connectivity index (χ3n) is 3.04. The summed E-state index contributed by atoms with van der Waals surface area (Å²) in [6.07, 6.45) is 0.0255. The van der Waals surface area contributed by atoms with Crippen LogP contribution >= 0.6 is 0 Å². The molecule has 1 atom stereocenters. The summed E-state index contributed by atoms with van der Waals surface area (Å²) in [5, 5.41) is 10.2. The van der Waals surface area contributed by atoms with Crippen molar-refractivity contribution in [3.05, 3.63) is 24.4 Å². The Morgan fingerprint density at radius 2 is 2.11 bits per heavy atom. The van der Waals surface area contributed by atoms with Crippen molar-refractivity contribution in [1.29, 1.82) is 0 Å². The normalized spacial score (nSPS) is 20.3. The molecule has 0 aliphatic heterocycles. The fourth-order valence-electron chi connectivity index (χ4n) is 1.86. The van der Waals surface area contributed by atoms with Crippen LogP contribution in [0.25, 0.3) is 10.9 Å². The number of nitrogens with zero attached hydrogens (tertiary/aromatic N) is 1. The molecule has 0 radical (unpaired) electrons. The van der Waals surface area contributed by atoms with Crippen molar-refractivity contribution in [2.75, 3.05) is 7.11 Å². The zero-order chi connectivity index (χ0) is 13.6. The maximum Gasteiger partial charge on any atom is 0.288 e. The fourth-order valence-corrected chi connectivity index (χ4v) is 1.86. The summed E-state index contributed by atoms with van der Waals surface area (Å²) >= 11 is 0. The van der Waals surface area contributed by atoms with Gasteiger partial charge < -0.3 is 14.6 Å². The number of methoxy groups -OCH3 is 1. The number of pyridine rings is 1. The second-order valence-corrected chi connectivity index (χ2v) is 4.42. The molecule has 4 nitrogen and oxygen atoms in total. The van der Waals surface area contributed by atoms with Gasteiger partial charge in [0, 0.05) is 17.6 Å². The van der Waals surface area contributed by atoms with Gasteiger partial charge in [0.2, 0.25) is 0 Å². The molecule has 6 heteroatoms. The monoisotopic (exact) mass is 267 g/mol. The molecular weight excluding hydrogens is 256 g/mol. The molecule has 1 fully saturated rings. The van der Waals surface area contributed by atoms with Gasteiger partial charge in [0.05, 0.1) is 19.0 Å². The zero-order valence-electron chi connectivity index (χ0n) is 10.1. The first kappa shape index (κ1) is 12.0. The van der Waals surface area contributed by atoms with Crippen LogP contribution in [-0.4, -0.2) is 29.2 Å². The van der Waals surface area contributed by atoms with Gasteiger partial charge in [0.25, 0.3) is 5.92 Å². The first-order chi connectivity index (χ1) is 9.01. The van der Waals surface area contributed by atoms with E-state index >= 15 is 0 Å². The summed E-state index contributed by atoms with van der Waals surface area (Å²) in [5.41, 5.74) is 0.506. The summed E-state index contributed by atoms with van der Waals surface area (Å²) < 4.78 is 36.1. The molecule has 0 saturated heterocycles. The van der Waals surface area contributed by atoms with Crippen LogP contribution in [0.5, 0.6) is 17.2 Å². The largest absolute Gasteiger partial charge is 0.507 e. The number of hydrogen-bond donors (Lipinski definition) is 1. The molecule has 19 heavy (non-hydrogen) atoms. The van der Waals surface area contributed by atoms with E-state index in [1.54, 1.807) is 6.07 Å². The minimum atomic E-state index is -2.78. The molecule has 1 heterocycles. The molecular formula is C13H11F2NO3. The topological polar surface area (TPSA) is 51.6 Å². The third-order valence-corrected chi connectivity index (χ3v) is 3.04. The van der Waals surface area contributed by atoms with Gasteiger partial charge >= 0.3 is 0 Å². The van der Waals surface area contributed by atoms with E-state index in [1.165, 1.54) is 25.4 Å². The molecule has 1 aromatic heterocycles. The molecule has 2 aromatic rings. The standard InChI is InChI=1S/C13H11F2NO3/c1-18-10-5-8-7(9(17)2-3-16-8)4-11(10)19-12-6-13(12,14)15/h2-5,12H,6H2,1H3,(H,16,17). The van der Waals surface area contributed by atoms with Gasteiger partial charge in [-0.2, -0.15) is 0 Å². The summed E-state index contributed by atoms with van der Waals surface area (Å²) in [4.78, 5) is 4.07. The molecule has 1 unspecified atom stereocenters. The van der Waals surface area contributed by atoms with Crippen LogP contribution in [0, 0.1) is 0 Å². The van der Waals surface area contributed by atoms with Crippen molar-refractivity contribution >= 4 is 10.9 Å². The van der Waals surface area contributed by atoms with E-state index in [0.29, 0.717) is 16.7 Å². The SMILES string of the molecule is COc1cc2nccc(O)c2cc1OC1CC1(F)F. The second kappa shape index (κ2) is 3.94. The van der Waals surface area contributed by atoms with E-state index in [-0.39, 0.29) is 17.9 Å². The highest BCUT2D eigenvalue weighted by Crippen LogP contribution is 2.46. The van der Waals surface area contributed by atoms with Crippen LogP contribution in [0.3, 0.4) is 0 Å². The summed E-state index contributed by atoms with van der Waals surface area (Å²) in [5.74, 6) is -2.27. The Balaban J connectivity index is 2.04. The van der Waals surface area contributed by atoms with Gasteiger partial charge in [-0.25, -0.2) is 8.78 Å². The molecule has 0 bridgehead atoms. The average molecular weight is 267 g/mol. The van der Waals surface area contributed by atoms with Gasteiger partial charge in [-0.15, -0.1) is 0 Å². The van der Waals surface area contributed by atoms with E-state index in [0.717, 1.165) is 0 Å². The molecule has 0 spiro atoms. The van der Waals surface area contributed by atoms with E-state index in [4.69, 9.17) is 9.47 Å². The van der Waals surface area contributed by atoms with E-state index in [9.17, 15) is 13.9 Å². The van der Waals surface area contributed by atoms with Crippen molar-refractivity contribution in [3.8, 4) is 17.2 Å². The lowest BCUT2D eigenvalue weighted by atomic mass is 10.2. The van der Waals surface area contributed by atoms with Gasteiger partial charge in [0.1, 0.15) is 5.75 Å². The lowest BCUT2D eigenvalue weighted by Crippen LogP contribution is -2.08. The van der Waals surface area contributed by atoms with Crippen molar-refractivity contribution in [2.24, 2.45) is 0 Å². The van der Waals surface area contributed by atoms with Crippen LogP contribution < -0.4 is 9.47 Å². The number of aromatic nitrogens is 1. The second-order valence-electron chi connectivity index (χ2n) is 4.42. The fraction of sp³-hybridized carbons (Fsp3) is 0.308. The number of hydrogen-bond acceptors (Lipinski definition) is 4. The van der Waals surface area contributed by atoms with E-state index in [1.807, 2.05) is 0 Å². The highest BCUT2D eigenvalue weighted by Gasteiger charge is 2.60. The van der Waals surface area contributed by atoms with Crippen molar-refractivity contribution in [1.82, 2.24) is 4.98 Å². The lowest BCUT2D eigenvalue weighted by molar-refractivity contribution is 0.0656. The number of benzene rings is 1. The zero-order valence-corrected chi connectivity index (χ0v) is 10.1. The maximum atomic E-state index is 12.9. The van der Waals surface area contributed by atoms with Crippen molar-refractivity contribution < 1.29 is 23.4 Å². The lowest BCUT2D eigenvalue weighted by Gasteiger charge is -2.11. The first-order valence-corrected chi connectivity index (χ1v) is 5.71. The Kier molecular flexibility index (Phi) is 2.48. The predicted octanol–water partition coefficient (Wildman–Crippen LogP) is 2.74. The quantitative estimate of drug-likeness (QED) is 0.929. The van der Waals surface area contributed by atoms with Crippen LogP contribution in [0.15, 0.2) is 24.4 Å². The Labute approximate surface area is 107 Å². The molecule has 1 N–H and O–H groups in total. The number of ether oxygens (including phenoxy) is 2.